The Morgan fingerprint density at radius 3 is 2.96 bits per heavy atom. The normalized spacial score (nSPS) is 27.1. The third-order valence-electron chi connectivity index (χ3n) is 5.72. The first kappa shape index (κ1) is 18.0. The van der Waals surface area contributed by atoms with Crippen molar-refractivity contribution >= 4 is 5.91 Å². The number of nitrogens with zero attached hydrogens (tertiary/aromatic N) is 4. The van der Waals surface area contributed by atoms with Crippen LogP contribution >= 0.6 is 0 Å². The molecule has 7 heteroatoms. The number of aromatic hydroxyl groups is 1. The van der Waals surface area contributed by atoms with Crippen LogP contribution in [-0.2, 0) is 11.3 Å². The van der Waals surface area contributed by atoms with Gasteiger partial charge < -0.3 is 10.4 Å². The van der Waals surface area contributed by atoms with Crippen LogP contribution in [0.3, 0.4) is 0 Å². The summed E-state index contributed by atoms with van der Waals surface area (Å²) in [6.45, 7) is 6.69. The predicted octanol–water partition coefficient (Wildman–Crippen LogP) is 1.89. The molecule has 5 rings (SSSR count). The van der Waals surface area contributed by atoms with E-state index in [2.05, 4.69) is 20.5 Å². The molecular weight excluding hydrogens is 342 g/mol. The zero-order chi connectivity index (χ0) is 19.0. The third kappa shape index (κ3) is 3.83. The van der Waals surface area contributed by atoms with Gasteiger partial charge in [0.1, 0.15) is 11.4 Å². The zero-order valence-corrected chi connectivity index (χ0v) is 15.9. The van der Waals surface area contributed by atoms with Crippen molar-refractivity contribution in [2.45, 2.75) is 45.3 Å². The van der Waals surface area contributed by atoms with Crippen LogP contribution in [0, 0.1) is 11.8 Å². The van der Waals surface area contributed by atoms with Gasteiger partial charge in [-0.3, -0.25) is 14.4 Å². The highest BCUT2D eigenvalue weighted by Crippen LogP contribution is 2.37. The van der Waals surface area contributed by atoms with Gasteiger partial charge in [0.25, 0.3) is 0 Å². The van der Waals surface area contributed by atoms with Crippen molar-refractivity contribution < 1.29 is 9.90 Å². The Morgan fingerprint density at radius 2 is 2.26 bits per heavy atom. The van der Waals surface area contributed by atoms with Gasteiger partial charge in [-0.1, -0.05) is 17.3 Å². The Labute approximate surface area is 159 Å². The fraction of sp³-hybridized carbons (Fsp3) is 0.550. The van der Waals surface area contributed by atoms with Gasteiger partial charge in [-0.25, -0.2) is 0 Å². The summed E-state index contributed by atoms with van der Waals surface area (Å²) in [5.74, 6) is 0.984. The Balaban J connectivity index is 1.41. The molecule has 1 aromatic heterocycles. The highest BCUT2D eigenvalue weighted by atomic mass is 16.3. The number of hydrogen-bond acceptors (Lipinski definition) is 5. The van der Waals surface area contributed by atoms with E-state index in [0.717, 1.165) is 43.7 Å². The van der Waals surface area contributed by atoms with E-state index >= 15 is 0 Å². The van der Waals surface area contributed by atoms with Crippen LogP contribution in [0.4, 0.5) is 0 Å². The minimum atomic E-state index is 0.107. The van der Waals surface area contributed by atoms with Gasteiger partial charge in [-0.05, 0) is 51.3 Å². The summed E-state index contributed by atoms with van der Waals surface area (Å²) in [6, 6.07) is 7.64. The van der Waals surface area contributed by atoms with Gasteiger partial charge in [0.2, 0.25) is 5.91 Å². The molecule has 0 saturated carbocycles. The van der Waals surface area contributed by atoms with Crippen LogP contribution < -0.4 is 5.32 Å². The largest absolute Gasteiger partial charge is 0.508 e. The van der Waals surface area contributed by atoms with E-state index in [1.165, 1.54) is 0 Å². The second-order valence-corrected chi connectivity index (χ2v) is 8.08. The maximum absolute atomic E-state index is 12.5. The molecule has 3 saturated heterocycles. The van der Waals surface area contributed by atoms with E-state index in [-0.39, 0.29) is 23.6 Å². The Kier molecular flexibility index (Phi) is 4.86. The van der Waals surface area contributed by atoms with Gasteiger partial charge in [0.05, 0.1) is 18.7 Å². The molecule has 144 valence electrons. The number of hydrogen-bond donors (Lipinski definition) is 2. The summed E-state index contributed by atoms with van der Waals surface area (Å²) in [7, 11) is 0. The second kappa shape index (κ2) is 7.31. The molecule has 0 radical (unpaired) electrons. The summed E-state index contributed by atoms with van der Waals surface area (Å²) in [6.07, 6.45) is 4.05. The lowest BCUT2D eigenvalue weighted by molar-refractivity contribution is -0.133. The summed E-state index contributed by atoms with van der Waals surface area (Å²) >= 11 is 0. The monoisotopic (exact) mass is 369 g/mol. The average Bonchev–Trinajstić information content (AvgIpc) is 3.10. The van der Waals surface area contributed by atoms with Crippen LogP contribution in [-0.4, -0.2) is 56.1 Å². The van der Waals surface area contributed by atoms with Crippen molar-refractivity contribution in [2.75, 3.05) is 13.1 Å². The molecule has 1 aromatic carbocycles. The minimum absolute atomic E-state index is 0.107. The average molecular weight is 369 g/mol. The number of carbonyl (C=O) groups excluding carboxylic acids is 1. The maximum atomic E-state index is 12.5. The van der Waals surface area contributed by atoms with E-state index in [0.29, 0.717) is 12.0 Å². The van der Waals surface area contributed by atoms with Crippen molar-refractivity contribution in [3.05, 3.63) is 30.5 Å². The number of carbonyl (C=O) groups is 1. The topological polar surface area (TPSA) is 83.3 Å². The second-order valence-electron chi connectivity index (χ2n) is 8.08. The van der Waals surface area contributed by atoms with Crippen molar-refractivity contribution in [3.63, 3.8) is 0 Å². The molecule has 1 unspecified atom stereocenters. The predicted molar refractivity (Wildman–Crippen MR) is 102 cm³/mol. The molecule has 3 aliphatic heterocycles. The molecule has 4 heterocycles. The lowest BCUT2D eigenvalue weighted by Gasteiger charge is -2.49. The number of rotatable bonds is 5. The van der Waals surface area contributed by atoms with Crippen molar-refractivity contribution in [1.29, 1.82) is 0 Å². The van der Waals surface area contributed by atoms with E-state index in [1.54, 1.807) is 18.2 Å². The van der Waals surface area contributed by atoms with Gasteiger partial charge in [0, 0.05) is 24.2 Å². The molecule has 1 amide bonds. The van der Waals surface area contributed by atoms with Crippen LogP contribution in [0.5, 0.6) is 5.75 Å². The number of piperidine rings is 3. The number of nitrogens with one attached hydrogen (secondary N) is 1. The standard InChI is InChI=1S/C20H27N5O2/c1-13(2)21-20(27)18-11-24-7-6-14(18)8-16(24)10-25-12-19(22-23-25)15-4-3-5-17(26)9-15/h3-5,9,12-14,16,18,26H,6-8,10-11H2,1-2H3,(H,21,27)/t14-,16+,18+/m0/s1. The summed E-state index contributed by atoms with van der Waals surface area (Å²) in [5, 5.41) is 21.2. The number of aromatic nitrogens is 3. The molecular formula is C20H27N5O2. The first-order chi connectivity index (χ1) is 13.0. The molecule has 3 fully saturated rings. The van der Waals surface area contributed by atoms with Crippen LogP contribution in [0.15, 0.2) is 30.5 Å². The van der Waals surface area contributed by atoms with Gasteiger partial charge in [0.15, 0.2) is 0 Å². The number of phenols is 1. The number of amides is 1. The molecule has 2 N–H and O–H groups in total. The minimum Gasteiger partial charge on any atom is -0.508 e. The van der Waals surface area contributed by atoms with Crippen molar-refractivity contribution in [3.8, 4) is 17.0 Å². The van der Waals surface area contributed by atoms with Crippen molar-refractivity contribution in [2.24, 2.45) is 11.8 Å². The lowest BCUT2D eigenvalue weighted by Crippen LogP contribution is -2.58. The first-order valence-corrected chi connectivity index (χ1v) is 9.73. The van der Waals surface area contributed by atoms with Crippen LogP contribution in [0.25, 0.3) is 11.3 Å². The van der Waals surface area contributed by atoms with E-state index in [1.807, 2.05) is 30.8 Å². The van der Waals surface area contributed by atoms with E-state index < -0.39 is 0 Å². The van der Waals surface area contributed by atoms with Crippen molar-refractivity contribution in [1.82, 2.24) is 25.2 Å². The highest BCUT2D eigenvalue weighted by molar-refractivity contribution is 5.79. The molecule has 0 aliphatic carbocycles. The molecule has 2 bridgehead atoms. The molecule has 27 heavy (non-hydrogen) atoms. The SMILES string of the molecule is CC(C)NC(=O)[C@@H]1CN2CC[C@H]1C[C@@H]2Cn1cc(-c2cccc(O)c2)nn1. The quantitative estimate of drug-likeness (QED) is 0.841. The Hall–Kier alpha value is -2.41. The van der Waals surface area contributed by atoms with Gasteiger partial charge >= 0.3 is 0 Å². The summed E-state index contributed by atoms with van der Waals surface area (Å²) in [5.41, 5.74) is 1.62. The molecule has 0 spiro atoms. The van der Waals surface area contributed by atoms with Crippen LogP contribution in [0.2, 0.25) is 0 Å². The fourth-order valence-electron chi connectivity index (χ4n) is 4.42. The summed E-state index contributed by atoms with van der Waals surface area (Å²) in [4.78, 5) is 14.9. The lowest BCUT2D eigenvalue weighted by atomic mass is 9.75. The van der Waals surface area contributed by atoms with E-state index in [4.69, 9.17) is 0 Å². The third-order valence-corrected chi connectivity index (χ3v) is 5.72. The molecule has 3 aliphatic rings. The fourth-order valence-corrected chi connectivity index (χ4v) is 4.42. The zero-order valence-electron chi connectivity index (χ0n) is 15.9. The van der Waals surface area contributed by atoms with Gasteiger partial charge in [-0.2, -0.15) is 0 Å². The summed E-state index contributed by atoms with van der Waals surface area (Å²) < 4.78 is 1.88. The first-order valence-electron chi connectivity index (χ1n) is 9.73. The maximum Gasteiger partial charge on any atom is 0.224 e. The highest BCUT2D eigenvalue weighted by Gasteiger charge is 2.43. The Morgan fingerprint density at radius 1 is 1.41 bits per heavy atom. The molecule has 7 nitrogen and oxygen atoms in total. The number of phenolic OH excluding ortho intramolecular Hbond substituents is 1. The van der Waals surface area contributed by atoms with Crippen LogP contribution in [0.1, 0.15) is 26.7 Å². The van der Waals surface area contributed by atoms with E-state index in [9.17, 15) is 9.90 Å². The van der Waals surface area contributed by atoms with Gasteiger partial charge in [-0.15, -0.1) is 5.10 Å². The number of benzene rings is 1. The molecule has 4 atom stereocenters. The smallest absolute Gasteiger partial charge is 0.224 e. The molecule has 2 aromatic rings. The number of fused-ring (bicyclic) bond motifs is 3. The Bertz CT molecular complexity index is 818.